The molecule has 0 unspecified atom stereocenters. The minimum atomic E-state index is -0.302. The molecule has 0 radical (unpaired) electrons. The molecule has 140 valence electrons. The van der Waals surface area contributed by atoms with Gasteiger partial charge in [-0.1, -0.05) is 32.6 Å². The molecule has 0 aromatic heterocycles. The van der Waals surface area contributed by atoms with E-state index in [-0.39, 0.29) is 28.6 Å². The maximum absolute atomic E-state index is 12.9. The summed E-state index contributed by atoms with van der Waals surface area (Å²) in [4.78, 5) is 16.6. The van der Waals surface area contributed by atoms with Crippen LogP contribution in [0.4, 0.5) is 4.39 Å². The van der Waals surface area contributed by atoms with Gasteiger partial charge in [-0.15, -0.1) is 17.0 Å². The van der Waals surface area contributed by atoms with Gasteiger partial charge < -0.3 is 9.80 Å². The highest BCUT2D eigenvalue weighted by atomic mass is 79.9. The van der Waals surface area contributed by atoms with Crippen molar-refractivity contribution in [1.82, 2.24) is 9.80 Å². The molecule has 3 nitrogen and oxygen atoms in total. The van der Waals surface area contributed by atoms with E-state index in [0.717, 1.165) is 26.2 Å². The second kappa shape index (κ2) is 12.1. The number of carbonyl (C=O) groups excluding carboxylic acids is 1. The highest BCUT2D eigenvalue weighted by Gasteiger charge is 2.12. The summed E-state index contributed by atoms with van der Waals surface area (Å²) < 4.78 is 12.9. The van der Waals surface area contributed by atoms with E-state index in [1.807, 2.05) is 0 Å². The number of carbonyl (C=O) groups is 1. The van der Waals surface area contributed by atoms with Crippen LogP contribution in [0.5, 0.6) is 0 Å². The Kier molecular flexibility index (Phi) is 10.5. The van der Waals surface area contributed by atoms with Crippen LogP contribution in [-0.4, -0.2) is 35.3 Å². The van der Waals surface area contributed by atoms with E-state index in [4.69, 9.17) is 0 Å². The predicted molar refractivity (Wildman–Crippen MR) is 106 cm³/mol. The molecule has 0 amide bonds. The van der Waals surface area contributed by atoms with Crippen LogP contribution >= 0.6 is 17.0 Å². The largest absolute Gasteiger partial charge is 0.359 e. The normalized spacial score (nSPS) is 13.2. The Balaban J connectivity index is 0.00000312. The number of benzene rings is 1. The Morgan fingerprint density at radius 3 is 2.20 bits per heavy atom. The first kappa shape index (κ1) is 21.7. The first-order valence-electron chi connectivity index (χ1n) is 9.14. The van der Waals surface area contributed by atoms with Crippen LogP contribution in [0, 0.1) is 5.82 Å². The van der Waals surface area contributed by atoms with Gasteiger partial charge in [0.25, 0.3) is 0 Å². The highest BCUT2D eigenvalue weighted by Crippen LogP contribution is 2.12. The van der Waals surface area contributed by atoms with Gasteiger partial charge in [0.1, 0.15) is 5.82 Å². The lowest BCUT2D eigenvalue weighted by Crippen LogP contribution is -2.27. The molecule has 1 aliphatic heterocycles. The van der Waals surface area contributed by atoms with E-state index in [0.29, 0.717) is 12.0 Å². The zero-order chi connectivity index (χ0) is 17.2. The topological polar surface area (TPSA) is 23.6 Å². The molecular weight excluding hydrogens is 383 g/mol. The van der Waals surface area contributed by atoms with E-state index in [2.05, 4.69) is 29.1 Å². The van der Waals surface area contributed by atoms with Gasteiger partial charge in [-0.2, -0.15) is 0 Å². The standard InChI is InChI=1S/C20H29FN2O.BrH/c1-2-3-4-5-6-13-22-15-16-23(17-22)14-7-8-20(24)18-9-11-19(21)12-10-18;/h9-12,15-16H,2-8,13-14,17H2,1H3;1H. The van der Waals surface area contributed by atoms with E-state index in [1.165, 1.54) is 44.2 Å². The Morgan fingerprint density at radius 1 is 0.960 bits per heavy atom. The minimum absolute atomic E-state index is 0. The van der Waals surface area contributed by atoms with Gasteiger partial charge in [0.2, 0.25) is 0 Å². The number of nitrogens with zero attached hydrogens (tertiary/aromatic N) is 2. The van der Waals surface area contributed by atoms with Crippen molar-refractivity contribution in [2.75, 3.05) is 19.8 Å². The Labute approximate surface area is 161 Å². The maximum atomic E-state index is 12.9. The molecule has 25 heavy (non-hydrogen) atoms. The van der Waals surface area contributed by atoms with Crippen molar-refractivity contribution < 1.29 is 9.18 Å². The van der Waals surface area contributed by atoms with E-state index in [1.54, 1.807) is 12.1 Å². The number of Topliss-reactive ketones (excluding diaryl/α,β-unsaturated/α-hetero) is 1. The number of halogens is 2. The summed E-state index contributed by atoms with van der Waals surface area (Å²) in [5.41, 5.74) is 0.599. The Morgan fingerprint density at radius 2 is 1.56 bits per heavy atom. The second-order valence-electron chi connectivity index (χ2n) is 6.51. The lowest BCUT2D eigenvalue weighted by atomic mass is 10.1. The summed E-state index contributed by atoms with van der Waals surface area (Å²) in [6.07, 6.45) is 12.1. The molecule has 1 aromatic carbocycles. The monoisotopic (exact) mass is 412 g/mol. The molecule has 0 saturated heterocycles. The SMILES string of the molecule is Br.CCCCCCCN1C=CN(CCCC(=O)c2ccc(F)cc2)C1. The van der Waals surface area contributed by atoms with Gasteiger partial charge in [0.15, 0.2) is 5.78 Å². The van der Waals surface area contributed by atoms with Gasteiger partial charge >= 0.3 is 0 Å². The number of hydrogen-bond donors (Lipinski definition) is 0. The van der Waals surface area contributed by atoms with Gasteiger partial charge in [0.05, 0.1) is 6.67 Å². The first-order valence-corrected chi connectivity index (χ1v) is 9.14. The van der Waals surface area contributed by atoms with Crippen molar-refractivity contribution in [3.63, 3.8) is 0 Å². The van der Waals surface area contributed by atoms with Crippen molar-refractivity contribution in [2.45, 2.75) is 51.9 Å². The predicted octanol–water partition coefficient (Wildman–Crippen LogP) is 5.38. The smallest absolute Gasteiger partial charge is 0.162 e. The third kappa shape index (κ3) is 8.04. The number of hydrogen-bond acceptors (Lipinski definition) is 3. The summed E-state index contributed by atoms with van der Waals surface area (Å²) in [6.45, 7) is 5.17. The molecule has 1 aromatic rings. The lowest BCUT2D eigenvalue weighted by molar-refractivity contribution is 0.0976. The molecule has 1 aliphatic rings. The van der Waals surface area contributed by atoms with Crippen LogP contribution < -0.4 is 0 Å². The van der Waals surface area contributed by atoms with Gasteiger partial charge in [0, 0.05) is 37.5 Å². The zero-order valence-electron chi connectivity index (χ0n) is 15.1. The second-order valence-corrected chi connectivity index (χ2v) is 6.51. The van der Waals surface area contributed by atoms with Crippen LogP contribution in [0.1, 0.15) is 62.2 Å². The third-order valence-corrected chi connectivity index (χ3v) is 4.42. The number of rotatable bonds is 11. The van der Waals surface area contributed by atoms with Crippen LogP contribution in [-0.2, 0) is 0 Å². The van der Waals surface area contributed by atoms with Crippen molar-refractivity contribution in [2.24, 2.45) is 0 Å². The molecule has 0 N–H and O–H groups in total. The average Bonchev–Trinajstić information content (AvgIpc) is 3.03. The van der Waals surface area contributed by atoms with Crippen molar-refractivity contribution >= 4 is 22.8 Å². The maximum Gasteiger partial charge on any atom is 0.162 e. The van der Waals surface area contributed by atoms with Gasteiger partial charge in [-0.3, -0.25) is 4.79 Å². The molecule has 0 aliphatic carbocycles. The highest BCUT2D eigenvalue weighted by molar-refractivity contribution is 8.93. The molecule has 5 heteroatoms. The fraction of sp³-hybridized carbons (Fsp3) is 0.550. The molecule has 2 rings (SSSR count). The fourth-order valence-electron chi connectivity index (χ4n) is 2.95. The van der Waals surface area contributed by atoms with Crippen molar-refractivity contribution in [1.29, 1.82) is 0 Å². The molecule has 0 fully saturated rings. The van der Waals surface area contributed by atoms with Crippen LogP contribution in [0.25, 0.3) is 0 Å². The molecule has 1 heterocycles. The van der Waals surface area contributed by atoms with E-state index in [9.17, 15) is 9.18 Å². The fourth-order valence-corrected chi connectivity index (χ4v) is 2.95. The van der Waals surface area contributed by atoms with Crippen LogP contribution in [0.15, 0.2) is 36.7 Å². The summed E-state index contributed by atoms with van der Waals surface area (Å²) in [7, 11) is 0. The summed E-state index contributed by atoms with van der Waals surface area (Å²) in [6, 6.07) is 5.81. The molecule has 0 saturated carbocycles. The summed E-state index contributed by atoms with van der Waals surface area (Å²) in [5, 5.41) is 0. The summed E-state index contributed by atoms with van der Waals surface area (Å²) >= 11 is 0. The van der Waals surface area contributed by atoms with Gasteiger partial charge in [-0.05, 0) is 37.1 Å². The molecule has 0 spiro atoms. The third-order valence-electron chi connectivity index (χ3n) is 4.42. The quantitative estimate of drug-likeness (QED) is 0.359. The zero-order valence-corrected chi connectivity index (χ0v) is 16.8. The van der Waals surface area contributed by atoms with Crippen LogP contribution in [0.2, 0.25) is 0 Å². The van der Waals surface area contributed by atoms with E-state index >= 15 is 0 Å². The molecule has 0 atom stereocenters. The van der Waals surface area contributed by atoms with Gasteiger partial charge in [-0.25, -0.2) is 4.39 Å². The molecule has 0 bridgehead atoms. The Bertz CT molecular complexity index is 533. The molecular formula is C20H30BrFN2O. The van der Waals surface area contributed by atoms with Crippen LogP contribution in [0.3, 0.4) is 0 Å². The van der Waals surface area contributed by atoms with Crippen molar-refractivity contribution in [3.8, 4) is 0 Å². The lowest BCUT2D eigenvalue weighted by Gasteiger charge is -2.21. The van der Waals surface area contributed by atoms with E-state index < -0.39 is 0 Å². The average molecular weight is 413 g/mol. The summed E-state index contributed by atoms with van der Waals surface area (Å²) in [5.74, 6) is -0.213. The first-order chi connectivity index (χ1) is 11.7. The van der Waals surface area contributed by atoms with Crippen molar-refractivity contribution in [3.05, 3.63) is 48.0 Å². The number of unbranched alkanes of at least 4 members (excludes halogenated alkanes) is 4. The Hall–Kier alpha value is -1.36. The minimum Gasteiger partial charge on any atom is -0.359 e. The number of ketones is 1.